The summed E-state index contributed by atoms with van der Waals surface area (Å²) in [6.45, 7) is 7.95. The van der Waals surface area contributed by atoms with Crippen molar-refractivity contribution in [1.82, 2.24) is 20.3 Å². The Bertz CT molecular complexity index is 1360. The summed E-state index contributed by atoms with van der Waals surface area (Å²) in [5.74, 6) is 2.26. The van der Waals surface area contributed by atoms with Crippen LogP contribution >= 0.6 is 22.9 Å². The first-order valence-corrected chi connectivity index (χ1v) is 13.6. The van der Waals surface area contributed by atoms with Gasteiger partial charge in [-0.25, -0.2) is 22.9 Å². The second-order valence-corrected chi connectivity index (χ2v) is 10.2. The molecule has 2 aromatic heterocycles. The van der Waals surface area contributed by atoms with E-state index in [2.05, 4.69) is 33.1 Å². The summed E-state index contributed by atoms with van der Waals surface area (Å²) in [4.78, 5) is 31.3. The van der Waals surface area contributed by atoms with Gasteiger partial charge in [-0.1, -0.05) is 0 Å². The van der Waals surface area contributed by atoms with Crippen LogP contribution in [0.1, 0.15) is 30.7 Å². The van der Waals surface area contributed by atoms with E-state index in [4.69, 9.17) is 14.7 Å². The summed E-state index contributed by atoms with van der Waals surface area (Å²) < 4.78 is 7.25. The van der Waals surface area contributed by atoms with Gasteiger partial charge in [0.15, 0.2) is 5.82 Å². The van der Waals surface area contributed by atoms with Gasteiger partial charge in [-0.2, -0.15) is 5.26 Å². The van der Waals surface area contributed by atoms with Crippen LogP contribution in [0.15, 0.2) is 42.6 Å². The minimum absolute atomic E-state index is 0.166. The normalized spacial score (nSPS) is 16.9. The molecule has 0 aliphatic carbocycles. The molecule has 0 saturated carbocycles. The van der Waals surface area contributed by atoms with Gasteiger partial charge in [0, 0.05) is 37.0 Å². The first-order chi connectivity index (χ1) is 18.5. The highest BCUT2D eigenvalue weighted by molar-refractivity contribution is 14.1. The smallest absolute Gasteiger partial charge is 0.330 e. The van der Waals surface area contributed by atoms with Crippen molar-refractivity contribution in [3.8, 4) is 17.5 Å². The molecule has 196 valence electrons. The zero-order chi connectivity index (χ0) is 26.6. The van der Waals surface area contributed by atoms with Gasteiger partial charge in [-0.05, 0) is 56.7 Å². The first kappa shape index (κ1) is 26.1. The highest BCUT2D eigenvalue weighted by Crippen LogP contribution is 2.33. The number of hydrogen-bond donors (Lipinski definition) is 1. The number of pyridine rings is 1. The minimum atomic E-state index is -0.166. The summed E-state index contributed by atoms with van der Waals surface area (Å²) in [5.41, 5.74) is 4.27. The average molecular weight is 624 g/mol. The third-order valence-corrected chi connectivity index (χ3v) is 7.74. The highest BCUT2D eigenvalue weighted by Gasteiger charge is 2.30. The maximum Gasteiger partial charge on any atom is 0.330 e. The van der Waals surface area contributed by atoms with Crippen LogP contribution in [0.5, 0.6) is 0 Å². The van der Waals surface area contributed by atoms with Gasteiger partial charge in [0.05, 0.1) is 65.6 Å². The molecule has 1 fully saturated rings. The monoisotopic (exact) mass is 624 g/mol. The third kappa shape index (κ3) is 5.23. The highest BCUT2D eigenvalue weighted by atomic mass is 127. The Labute approximate surface area is 236 Å². The lowest BCUT2D eigenvalue weighted by molar-refractivity contribution is 0.0984. The third-order valence-electron chi connectivity index (χ3n) is 6.75. The molecule has 11 heteroatoms. The Morgan fingerprint density at radius 1 is 1.24 bits per heavy atom. The van der Waals surface area contributed by atoms with Crippen molar-refractivity contribution in [3.63, 3.8) is 0 Å². The van der Waals surface area contributed by atoms with E-state index in [1.165, 1.54) is 0 Å². The minimum Gasteiger partial charge on any atom is -0.377 e. The van der Waals surface area contributed by atoms with Crippen molar-refractivity contribution in [1.29, 1.82) is 5.26 Å². The number of aromatic nitrogens is 3. The van der Waals surface area contributed by atoms with Crippen molar-refractivity contribution in [2.45, 2.75) is 32.9 Å². The van der Waals surface area contributed by atoms with E-state index < -0.39 is 0 Å². The van der Waals surface area contributed by atoms with E-state index in [0.717, 1.165) is 47.8 Å². The molecule has 3 aromatic rings. The second-order valence-electron chi connectivity index (χ2n) is 9.23. The summed E-state index contributed by atoms with van der Waals surface area (Å²) in [6.07, 6.45) is 2.47. The van der Waals surface area contributed by atoms with Gasteiger partial charge in [0.25, 0.3) is 0 Å². The quantitative estimate of drug-likeness (QED) is 0.334. The average Bonchev–Trinajstić information content (AvgIpc) is 2.96. The maximum atomic E-state index is 12.2. The molecule has 2 aliphatic heterocycles. The lowest BCUT2D eigenvalue weighted by Crippen LogP contribution is -2.45. The number of anilines is 3. The number of amides is 2. The van der Waals surface area contributed by atoms with Crippen LogP contribution < -0.4 is 18.2 Å². The molecule has 1 aromatic carbocycles. The Balaban J connectivity index is 1.53. The predicted octanol–water partition coefficient (Wildman–Crippen LogP) is 4.08. The zero-order valence-electron chi connectivity index (χ0n) is 21.4. The predicted molar refractivity (Wildman–Crippen MR) is 154 cm³/mol. The molecular formula is C27H29IN8O2. The number of nitrogens with zero attached hydrogens (tertiary/aromatic N) is 7. The number of urea groups is 1. The number of nitriles is 1. The van der Waals surface area contributed by atoms with E-state index in [0.29, 0.717) is 43.5 Å². The molecule has 0 spiro atoms. The number of nitrogens with one attached hydrogen (secondary N) is 1. The molecule has 1 N–H and O–H groups in total. The number of fused-ring (bicyclic) bond motifs is 1. The standard InChI is InChI=1S/C27H29IN8O2/c1-3-30-27(37)36(28)21-8-6-19(7-9-21)24-32-23-16-34(25-20(15-29)5-4-11-31-25)12-10-22(23)26(33-24)35-13-14-38-17-18(35)2/h4-9,11,18H,3,10,12-14,16-17H2,1-2H3,(H,30,37). The SMILES string of the molecule is CCNC(=O)N(I)c1ccc(-c2nc3c(c(N4CCOCC4C)n2)CCN(c2ncccc2C#N)C3)cc1. The van der Waals surface area contributed by atoms with Crippen LogP contribution in [0.2, 0.25) is 0 Å². The molecule has 38 heavy (non-hydrogen) atoms. The fourth-order valence-corrected chi connectivity index (χ4v) is 5.31. The van der Waals surface area contributed by atoms with E-state index >= 15 is 0 Å². The molecule has 1 unspecified atom stereocenters. The molecule has 2 aliphatic rings. The number of benzene rings is 1. The first-order valence-electron chi connectivity index (χ1n) is 12.7. The van der Waals surface area contributed by atoms with Crippen molar-refractivity contribution < 1.29 is 9.53 Å². The zero-order valence-corrected chi connectivity index (χ0v) is 23.6. The second kappa shape index (κ2) is 11.5. The Kier molecular flexibility index (Phi) is 7.90. The van der Waals surface area contributed by atoms with E-state index in [9.17, 15) is 10.1 Å². The number of halogens is 1. The van der Waals surface area contributed by atoms with Crippen LogP contribution in [0.3, 0.4) is 0 Å². The maximum absolute atomic E-state index is 12.2. The molecule has 1 atom stereocenters. The van der Waals surface area contributed by atoms with Crippen molar-refractivity contribution in [2.24, 2.45) is 0 Å². The molecular weight excluding hydrogens is 595 g/mol. The number of morpholine rings is 1. The molecule has 10 nitrogen and oxygen atoms in total. The molecule has 1 saturated heterocycles. The number of rotatable bonds is 5. The van der Waals surface area contributed by atoms with E-state index in [-0.39, 0.29) is 12.1 Å². The Morgan fingerprint density at radius 3 is 2.79 bits per heavy atom. The number of carbonyl (C=O) groups excluding carboxylic acids is 1. The van der Waals surface area contributed by atoms with E-state index in [1.807, 2.05) is 54.1 Å². The molecule has 0 bridgehead atoms. The van der Waals surface area contributed by atoms with Gasteiger partial charge < -0.3 is 19.9 Å². The number of carbonyl (C=O) groups is 1. The van der Waals surface area contributed by atoms with Crippen LogP contribution in [0.4, 0.5) is 22.1 Å². The van der Waals surface area contributed by atoms with Gasteiger partial charge in [0.2, 0.25) is 0 Å². The summed E-state index contributed by atoms with van der Waals surface area (Å²) in [6, 6.07) is 13.6. The van der Waals surface area contributed by atoms with Crippen LogP contribution in [-0.4, -0.2) is 59.9 Å². The lowest BCUT2D eigenvalue weighted by Gasteiger charge is -2.38. The van der Waals surface area contributed by atoms with Crippen molar-refractivity contribution in [2.75, 3.05) is 45.8 Å². The summed E-state index contributed by atoms with van der Waals surface area (Å²) in [7, 11) is 0. The van der Waals surface area contributed by atoms with Gasteiger partial charge >= 0.3 is 6.03 Å². The summed E-state index contributed by atoms with van der Waals surface area (Å²) in [5, 5.41) is 12.4. The van der Waals surface area contributed by atoms with Gasteiger partial charge in [-0.15, -0.1) is 0 Å². The van der Waals surface area contributed by atoms with Crippen molar-refractivity contribution in [3.05, 3.63) is 59.4 Å². The largest absolute Gasteiger partial charge is 0.377 e. The molecule has 2 amide bonds. The van der Waals surface area contributed by atoms with Gasteiger partial charge in [-0.3, -0.25) is 0 Å². The Morgan fingerprint density at radius 2 is 2.05 bits per heavy atom. The van der Waals surface area contributed by atoms with Crippen LogP contribution in [0, 0.1) is 11.3 Å². The van der Waals surface area contributed by atoms with Crippen LogP contribution in [0.25, 0.3) is 11.4 Å². The fourth-order valence-electron chi connectivity index (χ4n) is 4.82. The molecule has 4 heterocycles. The van der Waals surface area contributed by atoms with Crippen LogP contribution in [-0.2, 0) is 17.7 Å². The number of ether oxygens (including phenoxy) is 1. The van der Waals surface area contributed by atoms with E-state index in [1.54, 1.807) is 21.4 Å². The Hall–Kier alpha value is -3.50. The summed E-state index contributed by atoms with van der Waals surface area (Å²) >= 11 is 2.00. The van der Waals surface area contributed by atoms with Crippen molar-refractivity contribution >= 4 is 46.2 Å². The molecule has 5 rings (SSSR count). The molecule has 0 radical (unpaired) electrons. The number of hydrogen-bond acceptors (Lipinski definition) is 8. The topological polar surface area (TPSA) is 111 Å². The fraction of sp³-hybridized carbons (Fsp3) is 0.370. The lowest BCUT2D eigenvalue weighted by atomic mass is 10.0. The van der Waals surface area contributed by atoms with Gasteiger partial charge in [0.1, 0.15) is 17.7 Å².